The number of ether oxygens (including phenoxy) is 1. The van der Waals surface area contributed by atoms with Gasteiger partial charge in [0.25, 0.3) is 0 Å². The third kappa shape index (κ3) is 2.69. The van der Waals surface area contributed by atoms with Crippen molar-refractivity contribution < 1.29 is 4.74 Å². The van der Waals surface area contributed by atoms with E-state index in [9.17, 15) is 0 Å². The molecule has 0 aliphatic carbocycles. The van der Waals surface area contributed by atoms with E-state index in [0.29, 0.717) is 6.04 Å². The Morgan fingerprint density at radius 3 is 2.71 bits per heavy atom. The fourth-order valence-corrected chi connectivity index (χ4v) is 3.87. The van der Waals surface area contributed by atoms with E-state index in [0.717, 1.165) is 51.2 Å². The first-order chi connectivity index (χ1) is 10.2. The van der Waals surface area contributed by atoms with E-state index in [1.54, 1.807) is 0 Å². The Morgan fingerprint density at radius 1 is 1.29 bits per heavy atom. The SMILES string of the molecule is CCc1ccc2c(c1)OC1(CCNC1)CC2N(CC)CC. The summed E-state index contributed by atoms with van der Waals surface area (Å²) in [6, 6.07) is 7.33. The Labute approximate surface area is 128 Å². The lowest BCUT2D eigenvalue weighted by molar-refractivity contribution is 0.0193. The van der Waals surface area contributed by atoms with E-state index < -0.39 is 0 Å². The minimum absolute atomic E-state index is 0.00657. The molecule has 1 aromatic carbocycles. The molecule has 1 saturated heterocycles. The number of hydrogen-bond donors (Lipinski definition) is 1. The van der Waals surface area contributed by atoms with Crippen LogP contribution in [-0.4, -0.2) is 36.7 Å². The van der Waals surface area contributed by atoms with Crippen LogP contribution >= 0.6 is 0 Å². The lowest BCUT2D eigenvalue weighted by Gasteiger charge is -2.43. The van der Waals surface area contributed by atoms with E-state index in [1.807, 2.05) is 0 Å². The Morgan fingerprint density at radius 2 is 2.10 bits per heavy atom. The lowest BCUT2D eigenvalue weighted by atomic mass is 9.85. The van der Waals surface area contributed by atoms with Gasteiger partial charge in [0.2, 0.25) is 0 Å². The van der Waals surface area contributed by atoms with Gasteiger partial charge in [-0.2, -0.15) is 0 Å². The maximum atomic E-state index is 6.50. The highest BCUT2D eigenvalue weighted by Gasteiger charge is 2.44. The van der Waals surface area contributed by atoms with Crippen molar-refractivity contribution in [2.75, 3.05) is 26.2 Å². The van der Waals surface area contributed by atoms with Crippen LogP contribution in [0.3, 0.4) is 0 Å². The summed E-state index contributed by atoms with van der Waals surface area (Å²) >= 11 is 0. The molecular weight excluding hydrogens is 260 g/mol. The van der Waals surface area contributed by atoms with Gasteiger partial charge in [0.1, 0.15) is 11.4 Å². The summed E-state index contributed by atoms with van der Waals surface area (Å²) in [4.78, 5) is 2.58. The number of hydrogen-bond acceptors (Lipinski definition) is 3. The quantitative estimate of drug-likeness (QED) is 0.921. The molecule has 116 valence electrons. The van der Waals surface area contributed by atoms with Crippen molar-refractivity contribution in [3.8, 4) is 5.75 Å². The molecule has 2 aliphatic heterocycles. The summed E-state index contributed by atoms with van der Waals surface area (Å²) in [5.74, 6) is 1.13. The molecule has 2 aliphatic rings. The zero-order chi connectivity index (χ0) is 14.9. The molecule has 2 atom stereocenters. The zero-order valence-electron chi connectivity index (χ0n) is 13.6. The fourth-order valence-electron chi connectivity index (χ4n) is 3.87. The number of fused-ring (bicyclic) bond motifs is 1. The zero-order valence-corrected chi connectivity index (χ0v) is 13.6. The Balaban J connectivity index is 2.00. The molecular formula is C18H28N2O. The predicted octanol–water partition coefficient (Wildman–Crippen LogP) is 3.15. The maximum Gasteiger partial charge on any atom is 0.125 e. The third-order valence-electron chi connectivity index (χ3n) is 5.19. The van der Waals surface area contributed by atoms with Crippen molar-refractivity contribution in [2.45, 2.75) is 51.7 Å². The highest BCUT2D eigenvalue weighted by molar-refractivity contribution is 5.42. The minimum Gasteiger partial charge on any atom is -0.485 e. The fraction of sp³-hybridized carbons (Fsp3) is 0.667. The van der Waals surface area contributed by atoms with Crippen molar-refractivity contribution in [3.63, 3.8) is 0 Å². The average Bonchev–Trinajstić information content (AvgIpc) is 2.95. The number of nitrogens with zero attached hydrogens (tertiary/aromatic N) is 1. The van der Waals surface area contributed by atoms with Gasteiger partial charge < -0.3 is 10.1 Å². The molecule has 1 spiro atoms. The number of rotatable bonds is 4. The van der Waals surface area contributed by atoms with Gasteiger partial charge in [-0.1, -0.05) is 32.9 Å². The number of nitrogens with one attached hydrogen (secondary N) is 1. The topological polar surface area (TPSA) is 24.5 Å². The molecule has 3 rings (SSSR count). The second-order valence-electron chi connectivity index (χ2n) is 6.38. The van der Waals surface area contributed by atoms with E-state index in [2.05, 4.69) is 49.2 Å². The standard InChI is InChI=1S/C18H28N2O/c1-4-14-7-8-15-16(20(5-2)6-3)12-18(9-10-19-13-18)21-17(15)11-14/h7-8,11,16,19H,4-6,9-10,12-13H2,1-3H3. The van der Waals surface area contributed by atoms with Gasteiger partial charge in [-0.3, -0.25) is 4.90 Å². The van der Waals surface area contributed by atoms with Gasteiger partial charge >= 0.3 is 0 Å². The molecule has 1 fully saturated rings. The van der Waals surface area contributed by atoms with Crippen LogP contribution in [0, 0.1) is 0 Å². The van der Waals surface area contributed by atoms with Gasteiger partial charge in [-0.25, -0.2) is 0 Å². The molecule has 21 heavy (non-hydrogen) atoms. The van der Waals surface area contributed by atoms with Crippen molar-refractivity contribution in [1.82, 2.24) is 10.2 Å². The molecule has 1 aromatic rings. The molecule has 0 bridgehead atoms. The van der Waals surface area contributed by atoms with Crippen LogP contribution in [0.1, 0.15) is 50.8 Å². The lowest BCUT2D eigenvalue weighted by Crippen LogP contribution is -2.46. The van der Waals surface area contributed by atoms with Crippen molar-refractivity contribution in [3.05, 3.63) is 29.3 Å². The highest BCUT2D eigenvalue weighted by atomic mass is 16.5. The molecule has 2 unspecified atom stereocenters. The van der Waals surface area contributed by atoms with Crippen molar-refractivity contribution in [2.24, 2.45) is 0 Å². The summed E-state index contributed by atoms with van der Waals surface area (Å²) in [7, 11) is 0. The summed E-state index contributed by atoms with van der Waals surface area (Å²) in [6.45, 7) is 11.0. The van der Waals surface area contributed by atoms with Crippen LogP contribution in [-0.2, 0) is 6.42 Å². The smallest absolute Gasteiger partial charge is 0.125 e. The average molecular weight is 288 g/mol. The molecule has 0 radical (unpaired) electrons. The Hall–Kier alpha value is -1.06. The van der Waals surface area contributed by atoms with E-state index in [4.69, 9.17) is 4.74 Å². The summed E-state index contributed by atoms with van der Waals surface area (Å²) < 4.78 is 6.50. The Bertz CT molecular complexity index is 490. The molecule has 2 heterocycles. The molecule has 3 heteroatoms. The summed E-state index contributed by atoms with van der Waals surface area (Å²) in [5.41, 5.74) is 2.76. The van der Waals surface area contributed by atoms with Gasteiger partial charge in [-0.05, 0) is 37.7 Å². The van der Waals surface area contributed by atoms with Crippen LogP contribution in [0.25, 0.3) is 0 Å². The van der Waals surface area contributed by atoms with Crippen LogP contribution in [0.2, 0.25) is 0 Å². The first-order valence-corrected chi connectivity index (χ1v) is 8.48. The molecule has 0 amide bonds. The van der Waals surface area contributed by atoms with Gasteiger partial charge in [-0.15, -0.1) is 0 Å². The molecule has 0 aromatic heterocycles. The monoisotopic (exact) mass is 288 g/mol. The van der Waals surface area contributed by atoms with Gasteiger partial charge in [0, 0.05) is 31.0 Å². The molecule has 1 N–H and O–H groups in total. The van der Waals surface area contributed by atoms with E-state index >= 15 is 0 Å². The van der Waals surface area contributed by atoms with Crippen LogP contribution in [0.4, 0.5) is 0 Å². The largest absolute Gasteiger partial charge is 0.485 e. The number of benzene rings is 1. The highest BCUT2D eigenvalue weighted by Crippen LogP contribution is 2.45. The first-order valence-electron chi connectivity index (χ1n) is 8.48. The number of aryl methyl sites for hydroxylation is 1. The van der Waals surface area contributed by atoms with E-state index in [-0.39, 0.29) is 5.60 Å². The summed E-state index contributed by atoms with van der Waals surface area (Å²) in [5, 5.41) is 3.49. The second kappa shape index (κ2) is 5.98. The normalized spacial score (nSPS) is 27.9. The van der Waals surface area contributed by atoms with Gasteiger partial charge in [0.05, 0.1) is 0 Å². The van der Waals surface area contributed by atoms with Crippen LogP contribution in [0.5, 0.6) is 5.75 Å². The maximum absolute atomic E-state index is 6.50. The summed E-state index contributed by atoms with van der Waals surface area (Å²) in [6.07, 6.45) is 3.30. The Kier molecular flexibility index (Phi) is 4.23. The second-order valence-corrected chi connectivity index (χ2v) is 6.38. The minimum atomic E-state index is 0.00657. The van der Waals surface area contributed by atoms with E-state index in [1.165, 1.54) is 11.1 Å². The molecule has 3 nitrogen and oxygen atoms in total. The van der Waals surface area contributed by atoms with Crippen molar-refractivity contribution >= 4 is 0 Å². The predicted molar refractivity (Wildman–Crippen MR) is 86.9 cm³/mol. The first kappa shape index (κ1) is 14.9. The van der Waals surface area contributed by atoms with Crippen molar-refractivity contribution in [1.29, 1.82) is 0 Å². The molecule has 0 saturated carbocycles. The van der Waals surface area contributed by atoms with Crippen LogP contribution in [0.15, 0.2) is 18.2 Å². The van der Waals surface area contributed by atoms with Gasteiger partial charge in [0.15, 0.2) is 0 Å². The third-order valence-corrected chi connectivity index (χ3v) is 5.19. The van der Waals surface area contributed by atoms with Crippen LogP contribution < -0.4 is 10.1 Å².